The molecular weight excluding hydrogens is 306 g/mol. The number of carbonyl (C=O) groups excluding carboxylic acids is 1. The number of nitrogens with two attached hydrogens (primary N) is 1. The summed E-state index contributed by atoms with van der Waals surface area (Å²) in [7, 11) is 0. The Morgan fingerprint density at radius 3 is 2.89 bits per heavy atom. The van der Waals surface area contributed by atoms with Gasteiger partial charge in [0, 0.05) is 24.1 Å². The first-order valence-electron chi connectivity index (χ1n) is 6.53. The van der Waals surface area contributed by atoms with E-state index in [1.807, 2.05) is 13.0 Å². The minimum Gasteiger partial charge on any atom is -0.357 e. The number of rotatable bonds is 2. The molecule has 0 radical (unpaired) electrons. The van der Waals surface area contributed by atoms with Crippen LogP contribution in [0, 0.1) is 12.8 Å². The number of hydrogen-bond acceptors (Lipinski definition) is 3. The molecule has 2 unspecified atom stereocenters. The highest BCUT2D eigenvalue weighted by molar-refractivity contribution is 9.10. The van der Waals surface area contributed by atoms with Gasteiger partial charge >= 0.3 is 0 Å². The van der Waals surface area contributed by atoms with Gasteiger partial charge in [-0.05, 0) is 46.5 Å². The zero-order chi connectivity index (χ0) is 14.0. The van der Waals surface area contributed by atoms with Crippen LogP contribution in [0.3, 0.4) is 0 Å². The number of anilines is 1. The maximum absolute atomic E-state index is 12.1. The Morgan fingerprint density at radius 1 is 1.53 bits per heavy atom. The van der Waals surface area contributed by atoms with E-state index in [0.717, 1.165) is 16.7 Å². The molecule has 0 aliphatic carbocycles. The van der Waals surface area contributed by atoms with Crippen molar-refractivity contribution in [3.8, 4) is 0 Å². The molecule has 5 heteroatoms. The van der Waals surface area contributed by atoms with Crippen molar-refractivity contribution in [1.82, 2.24) is 5.32 Å². The van der Waals surface area contributed by atoms with Crippen molar-refractivity contribution in [3.05, 3.63) is 28.2 Å². The Morgan fingerprint density at radius 2 is 2.26 bits per heavy atom. The summed E-state index contributed by atoms with van der Waals surface area (Å²) in [6.07, 6.45) is 0. The van der Waals surface area contributed by atoms with Crippen LogP contribution in [0.15, 0.2) is 22.7 Å². The van der Waals surface area contributed by atoms with Gasteiger partial charge in [-0.15, -0.1) is 0 Å². The fourth-order valence-corrected chi connectivity index (χ4v) is 3.13. The van der Waals surface area contributed by atoms with Gasteiger partial charge in [0.25, 0.3) is 0 Å². The van der Waals surface area contributed by atoms with E-state index in [1.165, 1.54) is 5.56 Å². The van der Waals surface area contributed by atoms with Crippen molar-refractivity contribution in [2.24, 2.45) is 11.7 Å². The maximum atomic E-state index is 12.1. The highest BCUT2D eigenvalue weighted by Gasteiger charge is 2.30. The molecule has 1 aliphatic rings. The molecule has 19 heavy (non-hydrogen) atoms. The number of carbonyl (C=O) groups is 1. The third kappa shape index (κ3) is 3.09. The molecular formula is C14H20BrN3O. The smallest absolute Gasteiger partial charge is 0.244 e. The normalized spacial score (nSPS) is 24.0. The molecule has 104 valence electrons. The maximum Gasteiger partial charge on any atom is 0.244 e. The molecule has 0 aromatic heterocycles. The first-order valence-corrected chi connectivity index (χ1v) is 7.32. The van der Waals surface area contributed by atoms with E-state index in [0.29, 0.717) is 19.0 Å². The molecule has 2 rings (SSSR count). The summed E-state index contributed by atoms with van der Waals surface area (Å²) in [4.78, 5) is 14.2. The molecule has 1 aliphatic heterocycles. The van der Waals surface area contributed by atoms with Gasteiger partial charge in [-0.2, -0.15) is 0 Å². The van der Waals surface area contributed by atoms with E-state index in [1.54, 1.807) is 0 Å². The average Bonchev–Trinajstić information content (AvgIpc) is 2.49. The van der Waals surface area contributed by atoms with Crippen LogP contribution in [-0.2, 0) is 4.79 Å². The van der Waals surface area contributed by atoms with Crippen LogP contribution in [0.2, 0.25) is 0 Å². The summed E-state index contributed by atoms with van der Waals surface area (Å²) in [5.74, 6) is 0.410. The van der Waals surface area contributed by atoms with Crippen molar-refractivity contribution < 1.29 is 4.79 Å². The van der Waals surface area contributed by atoms with Crippen LogP contribution in [0.4, 0.5) is 5.69 Å². The second kappa shape index (κ2) is 5.92. The molecule has 4 nitrogen and oxygen atoms in total. The second-order valence-electron chi connectivity index (χ2n) is 5.21. The first kappa shape index (κ1) is 14.3. The monoisotopic (exact) mass is 325 g/mol. The first-order chi connectivity index (χ1) is 9.02. The predicted molar refractivity (Wildman–Crippen MR) is 81.2 cm³/mol. The van der Waals surface area contributed by atoms with Crippen LogP contribution in [0.25, 0.3) is 0 Å². The van der Waals surface area contributed by atoms with E-state index in [2.05, 4.69) is 45.2 Å². The van der Waals surface area contributed by atoms with Crippen LogP contribution < -0.4 is 16.0 Å². The molecule has 2 atom stereocenters. The summed E-state index contributed by atoms with van der Waals surface area (Å²) in [5, 5.41) is 2.95. The van der Waals surface area contributed by atoms with E-state index >= 15 is 0 Å². The quantitative estimate of drug-likeness (QED) is 0.869. The fourth-order valence-electron chi connectivity index (χ4n) is 2.41. The van der Waals surface area contributed by atoms with Gasteiger partial charge in [-0.25, -0.2) is 0 Å². The van der Waals surface area contributed by atoms with Crippen LogP contribution in [-0.4, -0.2) is 31.6 Å². The molecule has 0 saturated carbocycles. The summed E-state index contributed by atoms with van der Waals surface area (Å²) >= 11 is 3.59. The zero-order valence-corrected chi connectivity index (χ0v) is 12.9. The Balaban J connectivity index is 2.39. The van der Waals surface area contributed by atoms with Gasteiger partial charge in [0.1, 0.15) is 6.04 Å². The number of hydrogen-bond donors (Lipinski definition) is 2. The third-order valence-electron chi connectivity index (χ3n) is 3.45. The third-order valence-corrected chi connectivity index (χ3v) is 4.08. The lowest BCUT2D eigenvalue weighted by molar-refractivity contribution is -0.121. The van der Waals surface area contributed by atoms with E-state index < -0.39 is 0 Å². The van der Waals surface area contributed by atoms with E-state index in [4.69, 9.17) is 5.73 Å². The number of halogens is 1. The summed E-state index contributed by atoms with van der Waals surface area (Å²) in [6.45, 7) is 6.03. The molecule has 1 amide bonds. The highest BCUT2D eigenvalue weighted by Crippen LogP contribution is 2.30. The molecule has 1 heterocycles. The Bertz CT molecular complexity index is 478. The minimum absolute atomic E-state index is 0.0133. The lowest BCUT2D eigenvalue weighted by Crippen LogP contribution is -2.49. The minimum atomic E-state index is -0.302. The Kier molecular flexibility index (Phi) is 4.47. The SMILES string of the molecule is Cc1ccc(N2CC(C)CNC(=O)C2CN)c(Br)c1. The van der Waals surface area contributed by atoms with Crippen molar-refractivity contribution in [2.45, 2.75) is 19.9 Å². The van der Waals surface area contributed by atoms with E-state index in [9.17, 15) is 4.79 Å². The largest absolute Gasteiger partial charge is 0.357 e. The topological polar surface area (TPSA) is 58.4 Å². The fraction of sp³-hybridized carbons (Fsp3) is 0.500. The number of benzene rings is 1. The summed E-state index contributed by atoms with van der Waals surface area (Å²) < 4.78 is 1.01. The lowest BCUT2D eigenvalue weighted by atomic mass is 10.1. The summed E-state index contributed by atoms with van der Waals surface area (Å²) in [6, 6.07) is 5.87. The molecule has 0 spiro atoms. The summed E-state index contributed by atoms with van der Waals surface area (Å²) in [5.41, 5.74) is 8.02. The number of aryl methyl sites for hydroxylation is 1. The lowest BCUT2D eigenvalue weighted by Gasteiger charge is -2.31. The Hall–Kier alpha value is -1.07. The van der Waals surface area contributed by atoms with Gasteiger partial charge in [0.2, 0.25) is 5.91 Å². The predicted octanol–water partition coefficient (Wildman–Crippen LogP) is 1.66. The molecule has 3 N–H and O–H groups in total. The van der Waals surface area contributed by atoms with Crippen LogP contribution in [0.5, 0.6) is 0 Å². The van der Waals surface area contributed by atoms with Gasteiger partial charge in [-0.1, -0.05) is 13.0 Å². The van der Waals surface area contributed by atoms with Gasteiger partial charge < -0.3 is 16.0 Å². The average molecular weight is 326 g/mol. The Labute approximate surface area is 122 Å². The van der Waals surface area contributed by atoms with Crippen LogP contribution in [0.1, 0.15) is 12.5 Å². The standard InChI is InChI=1S/C14H20BrN3O/c1-9-3-4-12(11(15)5-9)18-8-10(2)7-17-14(19)13(18)6-16/h3-5,10,13H,6-8,16H2,1-2H3,(H,17,19). The van der Waals surface area contributed by atoms with Crippen molar-refractivity contribution in [3.63, 3.8) is 0 Å². The van der Waals surface area contributed by atoms with Gasteiger partial charge in [0.15, 0.2) is 0 Å². The van der Waals surface area contributed by atoms with Crippen LogP contribution >= 0.6 is 15.9 Å². The second-order valence-corrected chi connectivity index (χ2v) is 6.06. The molecule has 1 aromatic rings. The van der Waals surface area contributed by atoms with Gasteiger partial charge in [0.05, 0.1) is 5.69 Å². The molecule has 1 saturated heterocycles. The van der Waals surface area contributed by atoms with Crippen molar-refractivity contribution in [2.75, 3.05) is 24.5 Å². The number of nitrogens with zero attached hydrogens (tertiary/aromatic N) is 1. The zero-order valence-electron chi connectivity index (χ0n) is 11.3. The van der Waals surface area contributed by atoms with Crippen molar-refractivity contribution in [1.29, 1.82) is 0 Å². The van der Waals surface area contributed by atoms with Gasteiger partial charge in [-0.3, -0.25) is 4.79 Å². The highest BCUT2D eigenvalue weighted by atomic mass is 79.9. The molecule has 0 bridgehead atoms. The number of amides is 1. The molecule has 1 aromatic carbocycles. The van der Waals surface area contributed by atoms with Crippen molar-refractivity contribution >= 4 is 27.5 Å². The number of nitrogens with one attached hydrogen (secondary N) is 1. The van der Waals surface area contributed by atoms with E-state index in [-0.39, 0.29) is 11.9 Å². The molecule has 1 fully saturated rings.